The molecule has 1 heterocycles. The van der Waals surface area contributed by atoms with Crippen LogP contribution >= 0.6 is 0 Å². The first-order valence-electron chi connectivity index (χ1n) is 8.10. The molecule has 2 rings (SSSR count). The number of rotatable bonds is 8. The third-order valence-corrected chi connectivity index (χ3v) is 3.47. The van der Waals surface area contributed by atoms with Gasteiger partial charge in [0.25, 0.3) is 0 Å². The maximum atomic E-state index is 13.2. The molecule has 0 saturated carbocycles. The average Bonchev–Trinajstić information content (AvgIpc) is 2.93. The number of fused-ring (bicyclic) bond motifs is 1. The second-order valence-corrected chi connectivity index (χ2v) is 5.14. The largest absolute Gasteiger partial charge is 0.380 e. The highest BCUT2D eigenvalue weighted by Gasteiger charge is 2.05. The van der Waals surface area contributed by atoms with E-state index in [2.05, 4.69) is 20.6 Å². The van der Waals surface area contributed by atoms with Crippen molar-refractivity contribution in [3.05, 3.63) is 35.8 Å². The van der Waals surface area contributed by atoms with E-state index in [0.717, 1.165) is 41.9 Å². The quantitative estimate of drug-likeness (QED) is 0.398. The molecule has 1 aromatic heterocycles. The molecule has 0 spiro atoms. The number of aromatic amines is 1. The number of hydrogen-bond donors (Lipinski definition) is 3. The van der Waals surface area contributed by atoms with Gasteiger partial charge in [0.1, 0.15) is 5.82 Å². The maximum Gasteiger partial charge on any atom is 0.191 e. The Kier molecular flexibility index (Phi) is 6.87. The average molecular weight is 320 g/mol. The number of benzene rings is 1. The molecule has 0 atom stereocenters. The van der Waals surface area contributed by atoms with E-state index in [1.54, 1.807) is 0 Å². The van der Waals surface area contributed by atoms with Gasteiger partial charge >= 0.3 is 0 Å². The molecule has 0 amide bonds. The molecule has 0 aliphatic carbocycles. The highest BCUT2D eigenvalue weighted by molar-refractivity contribution is 5.83. The van der Waals surface area contributed by atoms with Crippen LogP contribution in [-0.4, -0.2) is 43.8 Å². The van der Waals surface area contributed by atoms with Gasteiger partial charge in [-0.3, -0.25) is 4.99 Å². The van der Waals surface area contributed by atoms with E-state index in [1.165, 1.54) is 12.1 Å². The van der Waals surface area contributed by atoms with E-state index >= 15 is 0 Å². The Hall–Kier alpha value is -2.08. The minimum absolute atomic E-state index is 0.222. The zero-order valence-electron chi connectivity index (χ0n) is 13.8. The van der Waals surface area contributed by atoms with Crippen LogP contribution in [0.5, 0.6) is 0 Å². The van der Waals surface area contributed by atoms with Gasteiger partial charge in [0.2, 0.25) is 0 Å². The standard InChI is InChI=1S/C17H25FN4O/c1-3-19-17(21-9-10-23-4-2)20-8-7-13-12-22-16-11-14(18)5-6-15(13)16/h5-6,11-12,22H,3-4,7-10H2,1-2H3,(H2,19,20,21). The first kappa shape index (κ1) is 17.3. The van der Waals surface area contributed by atoms with Gasteiger partial charge in [-0.1, -0.05) is 0 Å². The van der Waals surface area contributed by atoms with Crippen molar-refractivity contribution >= 4 is 16.9 Å². The Morgan fingerprint density at radius 3 is 2.96 bits per heavy atom. The van der Waals surface area contributed by atoms with Crippen LogP contribution in [0, 0.1) is 5.82 Å². The Morgan fingerprint density at radius 1 is 1.30 bits per heavy atom. The Balaban J connectivity index is 1.87. The van der Waals surface area contributed by atoms with Gasteiger partial charge in [-0.05, 0) is 44.0 Å². The van der Waals surface area contributed by atoms with Crippen molar-refractivity contribution in [1.29, 1.82) is 0 Å². The summed E-state index contributed by atoms with van der Waals surface area (Å²) in [5.74, 6) is 0.568. The van der Waals surface area contributed by atoms with Gasteiger partial charge in [-0.2, -0.15) is 0 Å². The molecule has 23 heavy (non-hydrogen) atoms. The van der Waals surface area contributed by atoms with Crippen molar-refractivity contribution < 1.29 is 9.13 Å². The number of aliphatic imine (C=N–C) groups is 1. The van der Waals surface area contributed by atoms with Crippen molar-refractivity contribution in [1.82, 2.24) is 15.6 Å². The summed E-state index contributed by atoms with van der Waals surface area (Å²) in [4.78, 5) is 7.57. The predicted molar refractivity (Wildman–Crippen MR) is 92.4 cm³/mol. The smallest absolute Gasteiger partial charge is 0.191 e. The van der Waals surface area contributed by atoms with Crippen molar-refractivity contribution in [2.24, 2.45) is 4.99 Å². The van der Waals surface area contributed by atoms with Gasteiger partial charge < -0.3 is 20.4 Å². The summed E-state index contributed by atoms with van der Waals surface area (Å²) in [5.41, 5.74) is 2.00. The number of nitrogens with zero attached hydrogens (tertiary/aromatic N) is 1. The molecular formula is C17H25FN4O. The summed E-state index contributed by atoms with van der Waals surface area (Å²) in [7, 11) is 0. The van der Waals surface area contributed by atoms with Gasteiger partial charge in [0.15, 0.2) is 5.96 Å². The molecule has 0 fully saturated rings. The van der Waals surface area contributed by atoms with Gasteiger partial charge in [-0.15, -0.1) is 0 Å². The minimum Gasteiger partial charge on any atom is -0.380 e. The van der Waals surface area contributed by atoms with Gasteiger partial charge in [0.05, 0.1) is 13.2 Å². The summed E-state index contributed by atoms with van der Waals surface area (Å²) in [6, 6.07) is 4.83. The van der Waals surface area contributed by atoms with E-state index < -0.39 is 0 Å². The van der Waals surface area contributed by atoms with Crippen LogP contribution in [0.15, 0.2) is 29.4 Å². The molecular weight excluding hydrogens is 295 g/mol. The SMILES string of the molecule is CCNC(=NCCOCC)NCCc1c[nH]c2cc(F)ccc12. The number of ether oxygens (including phenoxy) is 1. The van der Waals surface area contributed by atoms with E-state index in [0.29, 0.717) is 19.8 Å². The summed E-state index contributed by atoms with van der Waals surface area (Å²) < 4.78 is 18.5. The van der Waals surface area contributed by atoms with E-state index in [9.17, 15) is 4.39 Å². The zero-order valence-corrected chi connectivity index (χ0v) is 13.8. The molecule has 0 aliphatic heterocycles. The van der Waals surface area contributed by atoms with E-state index in [1.807, 2.05) is 26.1 Å². The first-order chi connectivity index (χ1) is 11.2. The molecule has 0 aliphatic rings. The molecule has 5 nitrogen and oxygen atoms in total. The van der Waals surface area contributed by atoms with Crippen LogP contribution in [0.25, 0.3) is 10.9 Å². The van der Waals surface area contributed by atoms with Crippen molar-refractivity contribution in [2.75, 3.05) is 32.8 Å². The van der Waals surface area contributed by atoms with Gasteiger partial charge in [-0.25, -0.2) is 4.39 Å². The van der Waals surface area contributed by atoms with Crippen LogP contribution in [0.1, 0.15) is 19.4 Å². The highest BCUT2D eigenvalue weighted by Crippen LogP contribution is 2.19. The number of halogens is 1. The lowest BCUT2D eigenvalue weighted by Gasteiger charge is -2.11. The second kappa shape index (κ2) is 9.15. The summed E-state index contributed by atoms with van der Waals surface area (Å²) in [5, 5.41) is 7.58. The van der Waals surface area contributed by atoms with Crippen molar-refractivity contribution in [3.63, 3.8) is 0 Å². The molecule has 3 N–H and O–H groups in total. The number of aromatic nitrogens is 1. The normalized spacial score (nSPS) is 11.9. The third kappa shape index (κ3) is 5.25. The van der Waals surface area contributed by atoms with Crippen LogP contribution < -0.4 is 10.6 Å². The fourth-order valence-corrected chi connectivity index (χ4v) is 2.39. The number of guanidine groups is 1. The Labute approximate surface area is 136 Å². The topological polar surface area (TPSA) is 61.4 Å². The monoisotopic (exact) mass is 320 g/mol. The summed E-state index contributed by atoms with van der Waals surface area (Å²) >= 11 is 0. The van der Waals surface area contributed by atoms with E-state index in [-0.39, 0.29) is 5.82 Å². The molecule has 0 saturated heterocycles. The van der Waals surface area contributed by atoms with Crippen LogP contribution in [-0.2, 0) is 11.2 Å². The fourth-order valence-electron chi connectivity index (χ4n) is 2.39. The molecule has 0 unspecified atom stereocenters. The minimum atomic E-state index is -0.222. The number of nitrogens with one attached hydrogen (secondary N) is 3. The lowest BCUT2D eigenvalue weighted by molar-refractivity contribution is 0.155. The lowest BCUT2D eigenvalue weighted by atomic mass is 10.1. The molecule has 2 aromatic rings. The predicted octanol–water partition coefficient (Wildman–Crippen LogP) is 2.44. The number of H-pyrrole nitrogens is 1. The van der Waals surface area contributed by atoms with Crippen molar-refractivity contribution in [2.45, 2.75) is 20.3 Å². The third-order valence-electron chi connectivity index (χ3n) is 3.47. The lowest BCUT2D eigenvalue weighted by Crippen LogP contribution is -2.38. The number of hydrogen-bond acceptors (Lipinski definition) is 2. The molecule has 1 aromatic carbocycles. The van der Waals surface area contributed by atoms with Crippen molar-refractivity contribution in [3.8, 4) is 0 Å². The molecule has 126 valence electrons. The summed E-state index contributed by atoms with van der Waals surface area (Å²) in [6.45, 7) is 7.54. The maximum absolute atomic E-state index is 13.2. The highest BCUT2D eigenvalue weighted by atomic mass is 19.1. The van der Waals surface area contributed by atoms with E-state index in [4.69, 9.17) is 4.74 Å². The zero-order chi connectivity index (χ0) is 16.5. The second-order valence-electron chi connectivity index (χ2n) is 5.14. The van der Waals surface area contributed by atoms with Crippen LogP contribution in [0.4, 0.5) is 4.39 Å². The Morgan fingerprint density at radius 2 is 2.17 bits per heavy atom. The van der Waals surface area contributed by atoms with Gasteiger partial charge in [0, 0.05) is 36.8 Å². The molecule has 0 radical (unpaired) electrons. The molecule has 6 heteroatoms. The fraction of sp³-hybridized carbons (Fsp3) is 0.471. The van der Waals surface area contributed by atoms with Crippen LogP contribution in [0.3, 0.4) is 0 Å². The Bertz CT molecular complexity index is 639. The first-order valence-corrected chi connectivity index (χ1v) is 8.10. The van der Waals surface area contributed by atoms with Crippen LogP contribution in [0.2, 0.25) is 0 Å². The summed E-state index contributed by atoms with van der Waals surface area (Å²) in [6.07, 6.45) is 2.77. The molecule has 0 bridgehead atoms.